The summed E-state index contributed by atoms with van der Waals surface area (Å²) in [6.07, 6.45) is -1.19. The molecule has 2 aromatic carbocycles. The van der Waals surface area contributed by atoms with Gasteiger partial charge in [-0.15, -0.1) is 11.3 Å². The number of aliphatic hydroxyl groups excluding tert-OH is 1. The minimum atomic E-state index is -1.19. The maximum Gasteiger partial charge on any atom is 0.137 e. The van der Waals surface area contributed by atoms with Crippen LogP contribution in [0.1, 0.15) is 17.2 Å². The van der Waals surface area contributed by atoms with Crippen LogP contribution in [0, 0.1) is 11.6 Å². The third-order valence-corrected chi connectivity index (χ3v) is 4.73. The van der Waals surface area contributed by atoms with Crippen molar-refractivity contribution < 1.29 is 13.9 Å². The molecule has 3 aromatic rings. The first-order chi connectivity index (χ1) is 9.58. The summed E-state index contributed by atoms with van der Waals surface area (Å²) in [5, 5.41) is 13.0. The lowest BCUT2D eigenvalue weighted by Gasteiger charge is -2.12. The second-order valence-electron chi connectivity index (χ2n) is 4.38. The van der Waals surface area contributed by atoms with Gasteiger partial charge in [0.05, 0.1) is 4.47 Å². The SMILES string of the molecule is OC(c1cc(F)c(Br)cc1F)c1csc2ccccc12. The summed E-state index contributed by atoms with van der Waals surface area (Å²) in [5.41, 5.74) is 0.528. The van der Waals surface area contributed by atoms with E-state index in [4.69, 9.17) is 0 Å². The maximum absolute atomic E-state index is 13.9. The number of benzene rings is 2. The smallest absolute Gasteiger partial charge is 0.137 e. The van der Waals surface area contributed by atoms with E-state index in [0.717, 1.165) is 22.2 Å². The highest BCUT2D eigenvalue weighted by molar-refractivity contribution is 9.10. The Morgan fingerprint density at radius 3 is 2.60 bits per heavy atom. The lowest BCUT2D eigenvalue weighted by Crippen LogP contribution is -2.03. The third kappa shape index (κ3) is 2.26. The fraction of sp³-hybridized carbons (Fsp3) is 0.0667. The van der Waals surface area contributed by atoms with E-state index in [2.05, 4.69) is 15.9 Å². The number of rotatable bonds is 2. The highest BCUT2D eigenvalue weighted by Crippen LogP contribution is 2.35. The number of aliphatic hydroxyl groups is 1. The van der Waals surface area contributed by atoms with Crippen LogP contribution in [0.5, 0.6) is 0 Å². The Morgan fingerprint density at radius 1 is 1.05 bits per heavy atom. The van der Waals surface area contributed by atoms with E-state index in [1.165, 1.54) is 11.3 Å². The van der Waals surface area contributed by atoms with E-state index in [1.54, 1.807) is 5.38 Å². The molecule has 1 nitrogen and oxygen atoms in total. The Balaban J connectivity index is 2.13. The zero-order chi connectivity index (χ0) is 14.3. The van der Waals surface area contributed by atoms with Gasteiger partial charge in [0.1, 0.15) is 17.7 Å². The van der Waals surface area contributed by atoms with E-state index in [-0.39, 0.29) is 10.0 Å². The Morgan fingerprint density at radius 2 is 1.80 bits per heavy atom. The van der Waals surface area contributed by atoms with Crippen molar-refractivity contribution in [2.24, 2.45) is 0 Å². The van der Waals surface area contributed by atoms with Gasteiger partial charge in [0.25, 0.3) is 0 Å². The Hall–Kier alpha value is -1.30. The molecular weight excluding hydrogens is 346 g/mol. The van der Waals surface area contributed by atoms with Crippen molar-refractivity contribution in [3.05, 3.63) is 69.0 Å². The molecule has 0 saturated heterocycles. The van der Waals surface area contributed by atoms with E-state index < -0.39 is 17.7 Å². The van der Waals surface area contributed by atoms with Crippen LogP contribution < -0.4 is 0 Å². The Bertz CT molecular complexity index is 785. The normalized spacial score (nSPS) is 12.8. The molecule has 0 radical (unpaired) electrons. The summed E-state index contributed by atoms with van der Waals surface area (Å²) in [4.78, 5) is 0. The van der Waals surface area contributed by atoms with Gasteiger partial charge in [-0.25, -0.2) is 8.78 Å². The number of fused-ring (bicyclic) bond motifs is 1. The predicted octanol–water partition coefficient (Wildman–Crippen LogP) is 5.02. The fourth-order valence-electron chi connectivity index (χ4n) is 2.13. The summed E-state index contributed by atoms with van der Waals surface area (Å²) in [6.45, 7) is 0. The second kappa shape index (κ2) is 5.24. The molecular formula is C15H9BrF2OS. The molecule has 20 heavy (non-hydrogen) atoms. The molecule has 1 heterocycles. The maximum atomic E-state index is 13.9. The molecule has 1 unspecified atom stereocenters. The lowest BCUT2D eigenvalue weighted by molar-refractivity contribution is 0.216. The van der Waals surface area contributed by atoms with Crippen LogP contribution in [0.25, 0.3) is 10.1 Å². The minimum Gasteiger partial charge on any atom is -0.383 e. The van der Waals surface area contributed by atoms with Crippen molar-refractivity contribution in [1.29, 1.82) is 0 Å². The molecule has 0 amide bonds. The van der Waals surface area contributed by atoms with Crippen LogP contribution in [0.4, 0.5) is 8.78 Å². The average molecular weight is 355 g/mol. The number of hydrogen-bond acceptors (Lipinski definition) is 2. The van der Waals surface area contributed by atoms with Crippen molar-refractivity contribution in [1.82, 2.24) is 0 Å². The number of halogens is 3. The van der Waals surface area contributed by atoms with E-state index in [9.17, 15) is 13.9 Å². The number of hydrogen-bond donors (Lipinski definition) is 1. The van der Waals surface area contributed by atoms with Gasteiger partial charge in [0.2, 0.25) is 0 Å². The quantitative estimate of drug-likeness (QED) is 0.640. The van der Waals surface area contributed by atoms with Crippen molar-refractivity contribution >= 4 is 37.4 Å². The molecule has 0 aliphatic rings. The molecule has 3 rings (SSSR count). The van der Waals surface area contributed by atoms with Crippen LogP contribution in [-0.2, 0) is 0 Å². The highest BCUT2D eigenvalue weighted by atomic mass is 79.9. The van der Waals surface area contributed by atoms with Crippen LogP contribution in [0.15, 0.2) is 46.3 Å². The fourth-order valence-corrected chi connectivity index (χ4v) is 3.42. The Kier molecular flexibility index (Phi) is 3.58. The third-order valence-electron chi connectivity index (χ3n) is 3.14. The summed E-state index contributed by atoms with van der Waals surface area (Å²) < 4.78 is 28.5. The molecule has 0 saturated carbocycles. The lowest BCUT2D eigenvalue weighted by atomic mass is 10.0. The molecule has 0 aliphatic carbocycles. The molecule has 1 N–H and O–H groups in total. The largest absolute Gasteiger partial charge is 0.383 e. The van der Waals surface area contributed by atoms with Gasteiger partial charge in [-0.2, -0.15) is 0 Å². The van der Waals surface area contributed by atoms with Gasteiger partial charge in [-0.1, -0.05) is 18.2 Å². The first-order valence-corrected chi connectivity index (χ1v) is 7.54. The molecule has 102 valence electrons. The van der Waals surface area contributed by atoms with Gasteiger partial charge in [-0.3, -0.25) is 0 Å². The van der Waals surface area contributed by atoms with Crippen LogP contribution in [0.3, 0.4) is 0 Å². The molecule has 0 bridgehead atoms. The molecule has 5 heteroatoms. The highest BCUT2D eigenvalue weighted by Gasteiger charge is 2.20. The van der Waals surface area contributed by atoms with Crippen molar-refractivity contribution in [2.45, 2.75) is 6.10 Å². The molecule has 0 spiro atoms. The van der Waals surface area contributed by atoms with Gasteiger partial charge in [-0.05, 0) is 44.9 Å². The summed E-state index contributed by atoms with van der Waals surface area (Å²) in [5.74, 6) is -1.24. The first kappa shape index (κ1) is 13.7. The van der Waals surface area contributed by atoms with Gasteiger partial charge in [0, 0.05) is 15.8 Å². The predicted molar refractivity (Wildman–Crippen MR) is 79.9 cm³/mol. The van der Waals surface area contributed by atoms with Crippen LogP contribution in [-0.4, -0.2) is 5.11 Å². The summed E-state index contributed by atoms with van der Waals surface area (Å²) in [7, 11) is 0. The van der Waals surface area contributed by atoms with Crippen LogP contribution in [0.2, 0.25) is 0 Å². The van der Waals surface area contributed by atoms with E-state index in [0.29, 0.717) is 5.56 Å². The molecule has 1 aromatic heterocycles. The topological polar surface area (TPSA) is 20.2 Å². The first-order valence-electron chi connectivity index (χ1n) is 5.86. The second-order valence-corrected chi connectivity index (χ2v) is 6.14. The Labute approximate surface area is 126 Å². The average Bonchev–Trinajstić information content (AvgIpc) is 2.86. The minimum absolute atomic E-state index is 0.0427. The monoisotopic (exact) mass is 354 g/mol. The van der Waals surface area contributed by atoms with E-state index in [1.807, 2.05) is 24.3 Å². The zero-order valence-corrected chi connectivity index (χ0v) is 12.5. The summed E-state index contributed by atoms with van der Waals surface area (Å²) in [6, 6.07) is 9.59. The molecule has 0 fully saturated rings. The zero-order valence-electron chi connectivity index (χ0n) is 10.1. The van der Waals surface area contributed by atoms with Crippen molar-refractivity contribution in [2.75, 3.05) is 0 Å². The van der Waals surface area contributed by atoms with Gasteiger partial charge >= 0.3 is 0 Å². The van der Waals surface area contributed by atoms with Gasteiger partial charge in [0.15, 0.2) is 0 Å². The molecule has 1 atom stereocenters. The van der Waals surface area contributed by atoms with Crippen molar-refractivity contribution in [3.63, 3.8) is 0 Å². The van der Waals surface area contributed by atoms with E-state index >= 15 is 0 Å². The molecule has 0 aliphatic heterocycles. The van der Waals surface area contributed by atoms with Gasteiger partial charge < -0.3 is 5.11 Å². The van der Waals surface area contributed by atoms with Crippen LogP contribution >= 0.6 is 27.3 Å². The van der Waals surface area contributed by atoms with Crippen molar-refractivity contribution in [3.8, 4) is 0 Å². The summed E-state index contributed by atoms with van der Waals surface area (Å²) >= 11 is 4.39. The number of thiophene rings is 1. The standard InChI is InChI=1S/C15H9BrF2OS/c16-11-6-12(17)9(5-13(11)18)15(19)10-7-20-14-4-2-1-3-8(10)14/h1-7,15,19H.